The molecule has 29 heavy (non-hydrogen) atoms. The molecule has 1 N–H and O–H groups in total. The van der Waals surface area contributed by atoms with Crippen molar-refractivity contribution < 1.29 is 9.53 Å². The largest absolute Gasteiger partial charge is 0.486 e. The second-order valence-electron chi connectivity index (χ2n) is 8.36. The zero-order valence-electron chi connectivity index (χ0n) is 17.7. The van der Waals surface area contributed by atoms with Gasteiger partial charge in [-0.05, 0) is 69.0 Å². The highest BCUT2D eigenvalue weighted by Crippen LogP contribution is 2.53. The van der Waals surface area contributed by atoms with Crippen LogP contribution < -0.4 is 10.1 Å². The number of hydrogen-bond donors (Lipinski definition) is 1. The Balaban J connectivity index is 1.85. The number of amides is 1. The first-order chi connectivity index (χ1) is 13.8. The van der Waals surface area contributed by atoms with Gasteiger partial charge in [-0.15, -0.1) is 0 Å². The van der Waals surface area contributed by atoms with Crippen molar-refractivity contribution in [3.63, 3.8) is 0 Å². The number of benzene rings is 3. The Labute approximate surface area is 172 Å². The Kier molecular flexibility index (Phi) is 4.70. The van der Waals surface area contributed by atoms with Gasteiger partial charge in [-0.25, -0.2) is 0 Å². The van der Waals surface area contributed by atoms with Crippen molar-refractivity contribution in [3.05, 3.63) is 94.0 Å². The summed E-state index contributed by atoms with van der Waals surface area (Å²) in [5.74, 6) is 0.965. The van der Waals surface area contributed by atoms with Crippen LogP contribution in [0.15, 0.2) is 60.7 Å². The van der Waals surface area contributed by atoms with Gasteiger partial charge in [0.25, 0.3) is 5.91 Å². The maximum absolute atomic E-state index is 12.9. The zero-order chi connectivity index (χ0) is 20.8. The summed E-state index contributed by atoms with van der Waals surface area (Å²) >= 11 is 0. The minimum atomic E-state index is -0.367. The first-order valence-electron chi connectivity index (χ1n) is 10.0. The fourth-order valence-electron chi connectivity index (χ4n) is 4.47. The SMILES string of the molecule is Cc1c(C)c2c(c(C)c1NC(=O)c1ccccc1)C(c1ccccc1)C(C)(C)O2. The molecule has 0 bridgehead atoms. The average molecular weight is 386 g/mol. The van der Waals surface area contributed by atoms with Crippen molar-refractivity contribution >= 4 is 11.6 Å². The van der Waals surface area contributed by atoms with Crippen LogP contribution in [0.25, 0.3) is 0 Å². The average Bonchev–Trinajstić information content (AvgIpc) is 3.02. The van der Waals surface area contributed by atoms with Crippen LogP contribution >= 0.6 is 0 Å². The molecule has 1 aliphatic heterocycles. The van der Waals surface area contributed by atoms with Gasteiger partial charge in [0.2, 0.25) is 0 Å². The predicted octanol–water partition coefficient (Wildman–Crippen LogP) is 6.17. The first-order valence-corrected chi connectivity index (χ1v) is 10.0. The van der Waals surface area contributed by atoms with Crippen LogP contribution in [0.4, 0.5) is 5.69 Å². The van der Waals surface area contributed by atoms with Crippen LogP contribution in [0.5, 0.6) is 5.75 Å². The lowest BCUT2D eigenvalue weighted by atomic mass is 9.78. The highest BCUT2D eigenvalue weighted by Gasteiger charge is 2.44. The van der Waals surface area contributed by atoms with E-state index in [4.69, 9.17) is 4.74 Å². The third kappa shape index (κ3) is 3.21. The second-order valence-corrected chi connectivity index (χ2v) is 8.36. The maximum atomic E-state index is 12.9. The summed E-state index contributed by atoms with van der Waals surface area (Å²) in [6.45, 7) is 10.5. The molecule has 148 valence electrons. The lowest BCUT2D eigenvalue weighted by molar-refractivity contribution is 0.102. The van der Waals surface area contributed by atoms with Gasteiger partial charge >= 0.3 is 0 Å². The van der Waals surface area contributed by atoms with Gasteiger partial charge < -0.3 is 10.1 Å². The van der Waals surface area contributed by atoms with Gasteiger partial charge in [0.1, 0.15) is 11.4 Å². The summed E-state index contributed by atoms with van der Waals surface area (Å²) in [6, 6.07) is 19.8. The van der Waals surface area contributed by atoms with E-state index in [1.165, 1.54) is 11.1 Å². The topological polar surface area (TPSA) is 38.3 Å². The number of ether oxygens (including phenoxy) is 1. The summed E-state index contributed by atoms with van der Waals surface area (Å²) in [5, 5.41) is 3.17. The van der Waals surface area contributed by atoms with Crippen LogP contribution in [0, 0.1) is 20.8 Å². The number of carbonyl (C=O) groups is 1. The van der Waals surface area contributed by atoms with Crippen molar-refractivity contribution in [1.29, 1.82) is 0 Å². The molecule has 0 saturated heterocycles. The Morgan fingerprint density at radius 2 is 1.45 bits per heavy atom. The molecular formula is C26H27NO2. The summed E-state index contributed by atoms with van der Waals surface area (Å²) in [6.07, 6.45) is 0. The molecule has 1 unspecified atom stereocenters. The molecule has 4 rings (SSSR count). The Morgan fingerprint density at radius 1 is 0.862 bits per heavy atom. The van der Waals surface area contributed by atoms with Crippen molar-refractivity contribution in [3.8, 4) is 5.75 Å². The molecule has 3 nitrogen and oxygen atoms in total. The Morgan fingerprint density at radius 3 is 2.07 bits per heavy atom. The highest BCUT2D eigenvalue weighted by atomic mass is 16.5. The minimum Gasteiger partial charge on any atom is -0.486 e. The number of hydrogen-bond acceptors (Lipinski definition) is 2. The van der Waals surface area contributed by atoms with E-state index in [2.05, 4.69) is 64.2 Å². The quantitative estimate of drug-likeness (QED) is 0.586. The lowest BCUT2D eigenvalue weighted by Crippen LogP contribution is -2.31. The third-order valence-corrected chi connectivity index (χ3v) is 6.06. The summed E-state index contributed by atoms with van der Waals surface area (Å²) in [5.41, 5.74) is 6.78. The molecule has 1 atom stereocenters. The molecule has 1 heterocycles. The zero-order valence-corrected chi connectivity index (χ0v) is 17.7. The maximum Gasteiger partial charge on any atom is 0.255 e. The van der Waals surface area contributed by atoms with Crippen LogP contribution in [0.2, 0.25) is 0 Å². The molecular weight excluding hydrogens is 358 g/mol. The third-order valence-electron chi connectivity index (χ3n) is 6.06. The molecule has 3 heteroatoms. The number of nitrogens with one attached hydrogen (secondary N) is 1. The molecule has 0 saturated carbocycles. The van der Waals surface area contributed by atoms with E-state index < -0.39 is 0 Å². The van der Waals surface area contributed by atoms with Crippen molar-refractivity contribution in [2.45, 2.75) is 46.1 Å². The van der Waals surface area contributed by atoms with E-state index in [9.17, 15) is 4.79 Å². The smallest absolute Gasteiger partial charge is 0.255 e. The molecule has 0 radical (unpaired) electrons. The van der Waals surface area contributed by atoms with Gasteiger partial charge in [0.15, 0.2) is 0 Å². The van der Waals surface area contributed by atoms with Gasteiger partial charge in [0, 0.05) is 16.8 Å². The standard InChI is InChI=1S/C26H27NO2/c1-16-17(2)24-21(22(26(4,5)29-24)19-12-8-6-9-13-19)18(3)23(16)27-25(28)20-14-10-7-11-15-20/h6-15,22H,1-5H3,(H,27,28). The fourth-order valence-corrected chi connectivity index (χ4v) is 4.47. The molecule has 0 spiro atoms. The van der Waals surface area contributed by atoms with E-state index in [0.29, 0.717) is 5.56 Å². The van der Waals surface area contributed by atoms with Gasteiger partial charge in [0.05, 0.1) is 5.92 Å². The summed E-state index contributed by atoms with van der Waals surface area (Å²) in [7, 11) is 0. The van der Waals surface area contributed by atoms with Crippen LogP contribution in [-0.2, 0) is 0 Å². The second kappa shape index (κ2) is 7.07. The number of fused-ring (bicyclic) bond motifs is 1. The van der Waals surface area contributed by atoms with E-state index >= 15 is 0 Å². The van der Waals surface area contributed by atoms with Crippen molar-refractivity contribution in [2.24, 2.45) is 0 Å². The Bertz CT molecular complexity index is 1070. The van der Waals surface area contributed by atoms with Gasteiger partial charge in [-0.3, -0.25) is 4.79 Å². The molecule has 3 aromatic carbocycles. The van der Waals surface area contributed by atoms with Crippen LogP contribution in [0.3, 0.4) is 0 Å². The molecule has 0 aromatic heterocycles. The first kappa shape index (κ1) is 19.3. The van der Waals surface area contributed by atoms with Crippen molar-refractivity contribution in [2.75, 3.05) is 5.32 Å². The molecule has 3 aromatic rings. The molecule has 0 fully saturated rings. The van der Waals surface area contributed by atoms with Crippen LogP contribution in [-0.4, -0.2) is 11.5 Å². The summed E-state index contributed by atoms with van der Waals surface area (Å²) < 4.78 is 6.49. The van der Waals surface area contributed by atoms with Crippen LogP contribution in [0.1, 0.15) is 57.9 Å². The Hall–Kier alpha value is -3.07. The number of anilines is 1. The highest BCUT2D eigenvalue weighted by molar-refractivity contribution is 6.05. The van der Waals surface area contributed by atoms with E-state index in [1.54, 1.807) is 0 Å². The monoisotopic (exact) mass is 385 g/mol. The van der Waals surface area contributed by atoms with E-state index in [0.717, 1.165) is 28.1 Å². The predicted molar refractivity (Wildman–Crippen MR) is 118 cm³/mol. The lowest BCUT2D eigenvalue weighted by Gasteiger charge is -2.27. The number of carbonyl (C=O) groups excluding carboxylic acids is 1. The van der Waals surface area contributed by atoms with E-state index in [-0.39, 0.29) is 17.4 Å². The molecule has 0 aliphatic carbocycles. The normalized spacial score (nSPS) is 16.8. The minimum absolute atomic E-state index is 0.0920. The van der Waals surface area contributed by atoms with Crippen molar-refractivity contribution in [1.82, 2.24) is 0 Å². The van der Waals surface area contributed by atoms with Gasteiger partial charge in [-0.1, -0.05) is 48.5 Å². The molecule has 1 amide bonds. The van der Waals surface area contributed by atoms with E-state index in [1.807, 2.05) is 36.4 Å². The van der Waals surface area contributed by atoms with Gasteiger partial charge in [-0.2, -0.15) is 0 Å². The molecule has 1 aliphatic rings. The summed E-state index contributed by atoms with van der Waals surface area (Å²) in [4.78, 5) is 12.9. The number of rotatable bonds is 3. The fraction of sp³-hybridized carbons (Fsp3) is 0.269.